The Kier molecular flexibility index (Phi) is 7.41. The van der Waals surface area contributed by atoms with Crippen LogP contribution in [0, 0.1) is 6.92 Å². The van der Waals surface area contributed by atoms with Gasteiger partial charge in [-0.3, -0.25) is 0 Å². The molecule has 0 spiro atoms. The minimum atomic E-state index is -0.660. The van der Waals surface area contributed by atoms with Crippen LogP contribution in [0.5, 0.6) is 0 Å². The third-order valence-electron chi connectivity index (χ3n) is 7.36. The Morgan fingerprint density at radius 1 is 0.975 bits per heavy atom. The summed E-state index contributed by atoms with van der Waals surface area (Å²) in [6, 6.07) is 19.9. The van der Waals surface area contributed by atoms with E-state index in [9.17, 15) is 9.59 Å². The Morgan fingerprint density at radius 2 is 1.57 bits per heavy atom. The van der Waals surface area contributed by atoms with Gasteiger partial charge < -0.3 is 19.3 Å². The van der Waals surface area contributed by atoms with Crippen LogP contribution in [0.25, 0.3) is 21.6 Å². The van der Waals surface area contributed by atoms with E-state index in [1.807, 2.05) is 31.2 Å². The Hall–Kier alpha value is -4.49. The van der Waals surface area contributed by atoms with Crippen LogP contribution in [0.4, 0.5) is 16.2 Å². The Bertz CT molecular complexity index is 1450. The van der Waals surface area contributed by atoms with Crippen molar-refractivity contribution in [3.63, 3.8) is 0 Å². The zero-order chi connectivity index (χ0) is 28.4. The van der Waals surface area contributed by atoms with Gasteiger partial charge in [0.1, 0.15) is 12.2 Å². The molecule has 0 unspecified atom stereocenters. The summed E-state index contributed by atoms with van der Waals surface area (Å²) in [4.78, 5) is 32.7. The lowest BCUT2D eigenvalue weighted by atomic mass is 9.98. The van der Waals surface area contributed by atoms with Crippen molar-refractivity contribution >= 4 is 23.4 Å². The molecule has 1 heterocycles. The highest BCUT2D eigenvalue weighted by Gasteiger charge is 2.31. The van der Waals surface area contributed by atoms with Crippen molar-refractivity contribution < 1.29 is 19.1 Å². The minimum absolute atomic E-state index is 0.00925. The summed E-state index contributed by atoms with van der Waals surface area (Å²) < 4.78 is 11.4. The number of rotatable bonds is 5. The van der Waals surface area contributed by atoms with Gasteiger partial charge in [-0.05, 0) is 73.2 Å². The highest BCUT2D eigenvalue weighted by atomic mass is 16.6. The number of benzene rings is 3. The van der Waals surface area contributed by atoms with Crippen molar-refractivity contribution in [2.45, 2.75) is 39.2 Å². The molecule has 0 atom stereocenters. The summed E-state index contributed by atoms with van der Waals surface area (Å²) >= 11 is 0. The molecule has 1 fully saturated rings. The second-order valence-electron chi connectivity index (χ2n) is 11.1. The van der Waals surface area contributed by atoms with Crippen LogP contribution in [-0.2, 0) is 9.47 Å². The van der Waals surface area contributed by atoms with Gasteiger partial charge in [0.25, 0.3) is 0 Å². The molecular weight excluding hydrogens is 506 g/mol. The number of fused-ring (bicyclic) bond motifs is 3. The lowest BCUT2D eigenvalue weighted by Crippen LogP contribution is -2.49. The van der Waals surface area contributed by atoms with Crippen LogP contribution in [0.1, 0.15) is 53.7 Å². The summed E-state index contributed by atoms with van der Waals surface area (Å²) in [5.41, 5.74) is 15.3. The van der Waals surface area contributed by atoms with Crippen LogP contribution in [0.3, 0.4) is 0 Å². The van der Waals surface area contributed by atoms with Crippen molar-refractivity contribution in [1.82, 2.24) is 4.90 Å². The second kappa shape index (κ2) is 10.9. The molecule has 3 aromatic carbocycles. The maximum Gasteiger partial charge on any atom is 0.409 e. The van der Waals surface area contributed by atoms with E-state index >= 15 is 0 Å². The van der Waals surface area contributed by atoms with E-state index in [0.29, 0.717) is 37.4 Å². The third kappa shape index (κ3) is 5.46. The van der Waals surface area contributed by atoms with E-state index in [1.54, 1.807) is 37.8 Å². The summed E-state index contributed by atoms with van der Waals surface area (Å²) in [5, 5.41) is 3.74. The number of azide groups is 1. The topological polar surface area (TPSA) is 108 Å². The smallest absolute Gasteiger partial charge is 0.409 e. The van der Waals surface area contributed by atoms with Gasteiger partial charge in [0.05, 0.1) is 5.56 Å². The lowest BCUT2D eigenvalue weighted by molar-refractivity contribution is 0.00687. The Balaban J connectivity index is 1.26. The number of ether oxygens (including phenoxy) is 2. The summed E-state index contributed by atoms with van der Waals surface area (Å²) in [7, 11) is 0. The predicted molar refractivity (Wildman–Crippen MR) is 154 cm³/mol. The second-order valence-corrected chi connectivity index (χ2v) is 11.1. The van der Waals surface area contributed by atoms with Gasteiger partial charge in [0.2, 0.25) is 0 Å². The average Bonchev–Trinajstić information content (AvgIpc) is 3.25. The number of amides is 1. The van der Waals surface area contributed by atoms with Gasteiger partial charge in [-0.15, -0.1) is 0 Å². The number of carbonyl (C=O) groups excluding carboxylic acids is 2. The van der Waals surface area contributed by atoms with Crippen molar-refractivity contribution in [3.8, 4) is 11.1 Å². The predicted octanol–water partition coefficient (Wildman–Crippen LogP) is 6.96. The van der Waals surface area contributed by atoms with E-state index < -0.39 is 11.6 Å². The zero-order valence-corrected chi connectivity index (χ0v) is 23.3. The van der Waals surface area contributed by atoms with Gasteiger partial charge in [0.15, 0.2) is 0 Å². The van der Waals surface area contributed by atoms with Gasteiger partial charge >= 0.3 is 12.1 Å². The summed E-state index contributed by atoms with van der Waals surface area (Å²) in [6.45, 7) is 9.55. The molecule has 2 aliphatic rings. The molecule has 1 aliphatic carbocycles. The van der Waals surface area contributed by atoms with Gasteiger partial charge in [-0.25, -0.2) is 9.59 Å². The fourth-order valence-electron chi connectivity index (χ4n) is 5.48. The first kappa shape index (κ1) is 27.1. The van der Waals surface area contributed by atoms with E-state index in [2.05, 4.69) is 39.2 Å². The maximum absolute atomic E-state index is 13.1. The number of anilines is 1. The van der Waals surface area contributed by atoms with E-state index in [4.69, 9.17) is 15.0 Å². The SMILES string of the molecule is Cc1c(C(=O)OC(C)(C)C)cc(N=[N+]=[N-])cc1N1CCN(C(=O)OCC2c3ccccc3-c3ccccc32)CC1. The first-order chi connectivity index (χ1) is 19.2. The Labute approximate surface area is 233 Å². The van der Waals surface area contributed by atoms with E-state index in [0.717, 1.165) is 11.3 Å². The molecule has 0 saturated carbocycles. The molecule has 1 saturated heterocycles. The molecule has 206 valence electrons. The molecule has 0 aromatic heterocycles. The Morgan fingerprint density at radius 3 is 2.15 bits per heavy atom. The quantitative estimate of drug-likeness (QED) is 0.151. The van der Waals surface area contributed by atoms with Crippen LogP contribution in [0.2, 0.25) is 0 Å². The minimum Gasteiger partial charge on any atom is -0.456 e. The molecule has 0 bridgehead atoms. The molecule has 1 amide bonds. The molecule has 5 rings (SSSR count). The summed E-state index contributed by atoms with van der Waals surface area (Å²) in [5.74, 6) is -0.464. The van der Waals surface area contributed by atoms with Crippen LogP contribution >= 0.6 is 0 Å². The van der Waals surface area contributed by atoms with Crippen LogP contribution < -0.4 is 4.90 Å². The maximum atomic E-state index is 13.1. The number of hydrogen-bond acceptors (Lipinski definition) is 6. The van der Waals surface area contributed by atoms with Gasteiger partial charge in [-0.2, -0.15) is 0 Å². The van der Waals surface area contributed by atoms with Crippen molar-refractivity contribution in [2.24, 2.45) is 5.11 Å². The highest BCUT2D eigenvalue weighted by molar-refractivity contribution is 5.94. The van der Waals surface area contributed by atoms with E-state index in [-0.39, 0.29) is 18.6 Å². The fourth-order valence-corrected chi connectivity index (χ4v) is 5.48. The number of carbonyl (C=O) groups is 2. The third-order valence-corrected chi connectivity index (χ3v) is 7.36. The molecule has 3 aromatic rings. The van der Waals surface area contributed by atoms with Crippen molar-refractivity contribution in [2.75, 3.05) is 37.7 Å². The van der Waals surface area contributed by atoms with Gasteiger partial charge in [0, 0.05) is 48.4 Å². The molecular formula is C31H33N5O4. The first-order valence-corrected chi connectivity index (χ1v) is 13.4. The number of esters is 1. The first-order valence-electron chi connectivity index (χ1n) is 13.4. The molecule has 9 heteroatoms. The fraction of sp³-hybridized carbons (Fsp3) is 0.355. The molecule has 1 aliphatic heterocycles. The number of piperazine rings is 1. The van der Waals surface area contributed by atoms with E-state index in [1.165, 1.54) is 22.3 Å². The van der Waals surface area contributed by atoms with Crippen molar-refractivity contribution in [1.29, 1.82) is 0 Å². The van der Waals surface area contributed by atoms with Gasteiger partial charge in [-0.1, -0.05) is 53.6 Å². The molecule has 40 heavy (non-hydrogen) atoms. The standard InChI is InChI=1S/C31H33N5O4/c1-20-26(29(37)40-31(2,3)4)17-21(33-34-32)18-28(20)35-13-15-36(16-14-35)30(38)39-19-27-24-11-7-5-9-22(24)23-10-6-8-12-25(23)27/h5-12,17-18,27H,13-16,19H2,1-4H3. The largest absolute Gasteiger partial charge is 0.456 e. The summed E-state index contributed by atoms with van der Waals surface area (Å²) in [6.07, 6.45) is -0.337. The molecule has 0 radical (unpaired) electrons. The lowest BCUT2D eigenvalue weighted by Gasteiger charge is -2.36. The number of hydrogen-bond donors (Lipinski definition) is 0. The van der Waals surface area contributed by atoms with Crippen molar-refractivity contribution in [3.05, 3.63) is 93.4 Å². The number of nitrogens with zero attached hydrogens (tertiary/aromatic N) is 5. The highest BCUT2D eigenvalue weighted by Crippen LogP contribution is 2.44. The molecule has 0 N–H and O–H groups in total. The zero-order valence-electron chi connectivity index (χ0n) is 23.3. The van der Waals surface area contributed by atoms with Crippen LogP contribution in [-0.4, -0.2) is 55.3 Å². The average molecular weight is 540 g/mol. The van der Waals surface area contributed by atoms with Crippen LogP contribution in [0.15, 0.2) is 65.8 Å². The normalized spacial score (nSPS) is 14.7. The molecule has 9 nitrogen and oxygen atoms in total. The monoisotopic (exact) mass is 539 g/mol.